The van der Waals surface area contributed by atoms with E-state index in [0.717, 1.165) is 23.7 Å². The van der Waals surface area contributed by atoms with E-state index in [2.05, 4.69) is 19.1 Å². The van der Waals surface area contributed by atoms with Gasteiger partial charge in [-0.1, -0.05) is 0 Å². The van der Waals surface area contributed by atoms with Gasteiger partial charge in [-0.3, -0.25) is 0 Å². The Hall–Kier alpha value is -0.591. The molecule has 1 rings (SSSR count). The van der Waals surface area contributed by atoms with Crippen LogP contribution in [0.3, 0.4) is 0 Å². The first kappa shape index (κ1) is 13.5. The number of hydrogen-bond donors (Lipinski definition) is 0. The van der Waals surface area contributed by atoms with Gasteiger partial charge in [0.25, 0.3) is 0 Å². The predicted octanol–water partition coefficient (Wildman–Crippen LogP) is 3.80. The van der Waals surface area contributed by atoms with E-state index in [1.165, 1.54) is 4.46 Å². The molecular formula is C14H19FSe. The van der Waals surface area contributed by atoms with Gasteiger partial charge < -0.3 is 0 Å². The zero-order chi connectivity index (χ0) is 11.8. The van der Waals surface area contributed by atoms with Crippen molar-refractivity contribution in [2.24, 2.45) is 0 Å². The van der Waals surface area contributed by atoms with Crippen LogP contribution in [0.15, 0.2) is 40.6 Å². The van der Waals surface area contributed by atoms with Gasteiger partial charge in [0.05, 0.1) is 0 Å². The Morgan fingerprint density at radius 1 is 1.06 bits per heavy atom. The normalized spacial score (nSPS) is 12.4. The molecule has 0 nitrogen and oxygen atoms in total. The fourth-order valence-corrected chi connectivity index (χ4v) is 3.76. The van der Waals surface area contributed by atoms with Gasteiger partial charge in [0.2, 0.25) is 0 Å². The second-order valence-corrected chi connectivity index (χ2v) is 6.19. The summed E-state index contributed by atoms with van der Waals surface area (Å²) in [6.45, 7) is 4.14. The van der Waals surface area contributed by atoms with Gasteiger partial charge in [-0.05, 0) is 0 Å². The molecule has 1 aromatic rings. The van der Waals surface area contributed by atoms with E-state index in [0.29, 0.717) is 6.42 Å². The topological polar surface area (TPSA) is 0 Å². The second kappa shape index (κ2) is 7.65. The maximum atomic E-state index is 13.8. The van der Waals surface area contributed by atoms with Crippen molar-refractivity contribution in [3.63, 3.8) is 0 Å². The molecule has 0 saturated heterocycles. The van der Waals surface area contributed by atoms with Crippen LogP contribution in [0.4, 0.5) is 4.39 Å². The van der Waals surface area contributed by atoms with E-state index in [9.17, 15) is 4.39 Å². The summed E-state index contributed by atoms with van der Waals surface area (Å²) in [5.74, 6) is 0.133. The molecule has 0 N–H and O–H groups in total. The Bertz CT molecular complexity index is 330. The minimum atomic E-state index is 0.133. The van der Waals surface area contributed by atoms with E-state index in [-0.39, 0.29) is 20.8 Å². The van der Waals surface area contributed by atoms with Crippen LogP contribution in [0, 0.1) is 0 Å². The van der Waals surface area contributed by atoms with Crippen LogP contribution >= 0.6 is 0 Å². The summed E-state index contributed by atoms with van der Waals surface area (Å²) in [5, 5.41) is 0. The first-order valence-corrected chi connectivity index (χ1v) is 7.59. The summed E-state index contributed by atoms with van der Waals surface area (Å²) in [5.41, 5.74) is 0. The van der Waals surface area contributed by atoms with Gasteiger partial charge in [0.1, 0.15) is 0 Å². The molecule has 88 valence electrons. The van der Waals surface area contributed by atoms with Crippen molar-refractivity contribution in [1.29, 1.82) is 0 Å². The number of benzene rings is 1. The molecule has 0 heterocycles. The molecular weight excluding hydrogens is 266 g/mol. The molecule has 0 fully saturated rings. The quantitative estimate of drug-likeness (QED) is 0.697. The van der Waals surface area contributed by atoms with Crippen molar-refractivity contribution >= 4 is 19.4 Å². The first-order chi connectivity index (χ1) is 7.77. The SMILES string of the molecule is CCC/C(F)=C(\CCC)[Se]c1ccccc1. The van der Waals surface area contributed by atoms with Crippen LogP contribution in [0.25, 0.3) is 0 Å². The summed E-state index contributed by atoms with van der Waals surface area (Å²) < 4.78 is 16.1. The molecule has 0 saturated carbocycles. The van der Waals surface area contributed by atoms with Crippen molar-refractivity contribution in [3.8, 4) is 0 Å². The van der Waals surface area contributed by atoms with Crippen molar-refractivity contribution in [2.45, 2.75) is 39.5 Å². The van der Waals surface area contributed by atoms with Crippen LogP contribution in [0.2, 0.25) is 0 Å². The monoisotopic (exact) mass is 286 g/mol. The fraction of sp³-hybridized carbons (Fsp3) is 0.429. The van der Waals surface area contributed by atoms with Gasteiger partial charge in [0.15, 0.2) is 0 Å². The molecule has 0 radical (unpaired) electrons. The van der Waals surface area contributed by atoms with E-state index in [4.69, 9.17) is 0 Å². The third-order valence-electron chi connectivity index (χ3n) is 2.23. The third-order valence-corrected chi connectivity index (χ3v) is 4.71. The predicted molar refractivity (Wildman–Crippen MR) is 69.8 cm³/mol. The van der Waals surface area contributed by atoms with Gasteiger partial charge in [0, 0.05) is 0 Å². The number of hydrogen-bond acceptors (Lipinski definition) is 0. The fourth-order valence-electron chi connectivity index (χ4n) is 1.46. The number of halogens is 1. The van der Waals surface area contributed by atoms with Crippen LogP contribution in [0.1, 0.15) is 39.5 Å². The van der Waals surface area contributed by atoms with Crippen LogP contribution < -0.4 is 4.46 Å². The van der Waals surface area contributed by atoms with Crippen LogP contribution in [-0.4, -0.2) is 15.0 Å². The molecule has 0 unspecified atom stereocenters. The Labute approximate surface area is 104 Å². The zero-order valence-corrected chi connectivity index (χ0v) is 11.7. The van der Waals surface area contributed by atoms with Crippen molar-refractivity contribution in [3.05, 3.63) is 40.6 Å². The van der Waals surface area contributed by atoms with E-state index in [1.54, 1.807) is 0 Å². The molecule has 0 amide bonds. The molecule has 0 aliphatic rings. The van der Waals surface area contributed by atoms with Gasteiger partial charge in [-0.2, -0.15) is 0 Å². The third kappa shape index (κ3) is 4.51. The summed E-state index contributed by atoms with van der Waals surface area (Å²) in [6.07, 6.45) is 3.43. The van der Waals surface area contributed by atoms with Gasteiger partial charge in [-0.15, -0.1) is 0 Å². The molecule has 2 heteroatoms. The zero-order valence-electron chi connectivity index (χ0n) is 10.0. The van der Waals surface area contributed by atoms with E-state index >= 15 is 0 Å². The maximum absolute atomic E-state index is 13.8. The molecule has 1 aromatic carbocycles. The molecule has 0 aliphatic heterocycles. The van der Waals surface area contributed by atoms with Gasteiger partial charge >= 0.3 is 104 Å². The van der Waals surface area contributed by atoms with Crippen molar-refractivity contribution in [1.82, 2.24) is 0 Å². The van der Waals surface area contributed by atoms with E-state index < -0.39 is 0 Å². The average molecular weight is 285 g/mol. The van der Waals surface area contributed by atoms with Crippen molar-refractivity contribution in [2.75, 3.05) is 0 Å². The Morgan fingerprint density at radius 3 is 2.25 bits per heavy atom. The summed E-state index contributed by atoms with van der Waals surface area (Å²) >= 11 is 0.163. The Morgan fingerprint density at radius 2 is 1.69 bits per heavy atom. The Kier molecular flexibility index (Phi) is 6.44. The number of allylic oxidation sites excluding steroid dienone is 2. The minimum absolute atomic E-state index is 0.133. The number of rotatable bonds is 6. The van der Waals surface area contributed by atoms with E-state index in [1.807, 2.05) is 25.1 Å². The molecule has 16 heavy (non-hydrogen) atoms. The molecule has 0 aromatic heterocycles. The second-order valence-electron chi connectivity index (χ2n) is 3.74. The summed E-state index contributed by atoms with van der Waals surface area (Å²) in [7, 11) is 0. The summed E-state index contributed by atoms with van der Waals surface area (Å²) in [6, 6.07) is 10.2. The molecule has 0 atom stereocenters. The average Bonchev–Trinajstić information content (AvgIpc) is 2.30. The molecule has 0 bridgehead atoms. The Balaban J connectivity index is 2.75. The molecule has 0 spiro atoms. The summed E-state index contributed by atoms with van der Waals surface area (Å²) in [4.78, 5) is 0. The van der Waals surface area contributed by atoms with Crippen LogP contribution in [0.5, 0.6) is 0 Å². The van der Waals surface area contributed by atoms with Crippen LogP contribution in [-0.2, 0) is 0 Å². The van der Waals surface area contributed by atoms with Crippen molar-refractivity contribution < 1.29 is 4.39 Å². The van der Waals surface area contributed by atoms with Gasteiger partial charge in [-0.25, -0.2) is 0 Å². The molecule has 0 aliphatic carbocycles. The standard InChI is InChI=1S/C14H19FSe/c1-3-8-13(15)14(9-4-2)16-12-10-6-5-7-11-12/h5-7,10-11H,3-4,8-9H2,1-2H3/b14-13-. The first-order valence-electron chi connectivity index (χ1n) is 5.88.